The number of azo groups is 1. The second-order valence-corrected chi connectivity index (χ2v) is 10.8. The molecular weight excluding hydrogens is 516 g/mol. The molecular formula is C25H21ClN6O2S2. The number of carbonyl (C=O) groups excluding carboxylic acids is 1. The molecule has 0 bridgehead atoms. The van der Waals surface area contributed by atoms with Gasteiger partial charge in [0, 0.05) is 34.5 Å². The second kappa shape index (κ2) is 10.5. The van der Waals surface area contributed by atoms with Crippen molar-refractivity contribution in [1.82, 2.24) is 4.98 Å². The van der Waals surface area contributed by atoms with Crippen LogP contribution >= 0.6 is 34.7 Å². The van der Waals surface area contributed by atoms with Gasteiger partial charge in [-0.2, -0.15) is 5.26 Å². The molecule has 2 unspecified atom stereocenters. The van der Waals surface area contributed by atoms with Gasteiger partial charge in [0.2, 0.25) is 11.6 Å². The van der Waals surface area contributed by atoms with Gasteiger partial charge in [0.25, 0.3) is 0 Å². The number of rotatable bonds is 6. The molecule has 1 aromatic carbocycles. The van der Waals surface area contributed by atoms with Gasteiger partial charge in [-0.05, 0) is 61.2 Å². The van der Waals surface area contributed by atoms with E-state index in [2.05, 4.69) is 26.6 Å². The molecule has 0 aliphatic carbocycles. The number of thiophene rings is 1. The summed E-state index contributed by atoms with van der Waals surface area (Å²) >= 11 is 9.02. The summed E-state index contributed by atoms with van der Waals surface area (Å²) in [4.78, 5) is 23.8. The number of halogens is 1. The van der Waals surface area contributed by atoms with E-state index in [0.29, 0.717) is 23.0 Å². The number of carbonyl (C=O) groups is 1. The van der Waals surface area contributed by atoms with Crippen LogP contribution in [0.3, 0.4) is 0 Å². The highest BCUT2D eigenvalue weighted by Crippen LogP contribution is 2.53. The Labute approximate surface area is 221 Å². The number of aromatic nitrogens is 1. The Balaban J connectivity index is 1.69. The third-order valence-corrected chi connectivity index (χ3v) is 8.67. The van der Waals surface area contributed by atoms with Gasteiger partial charge in [-0.25, -0.2) is 9.98 Å². The average Bonchev–Trinajstić information content (AvgIpc) is 3.52. The van der Waals surface area contributed by atoms with Gasteiger partial charge in [-0.15, -0.1) is 21.6 Å². The van der Waals surface area contributed by atoms with E-state index in [4.69, 9.17) is 21.3 Å². The number of nitriles is 1. The number of ether oxygens (including phenoxy) is 1. The summed E-state index contributed by atoms with van der Waals surface area (Å²) in [5.41, 5.74) is 0.206. The van der Waals surface area contributed by atoms with Crippen molar-refractivity contribution in [3.8, 4) is 16.5 Å². The molecule has 3 aromatic rings. The molecule has 2 aromatic heterocycles. The summed E-state index contributed by atoms with van der Waals surface area (Å²) in [7, 11) is 0. The first-order valence-corrected chi connectivity index (χ1v) is 13.3. The second-order valence-electron chi connectivity index (χ2n) is 8.28. The molecule has 2 atom stereocenters. The van der Waals surface area contributed by atoms with Crippen LogP contribution in [0.1, 0.15) is 36.6 Å². The van der Waals surface area contributed by atoms with E-state index in [-0.39, 0.29) is 12.0 Å². The number of hydrogen-bond donors (Lipinski definition) is 1. The van der Waals surface area contributed by atoms with Crippen molar-refractivity contribution in [1.29, 1.82) is 5.26 Å². The highest BCUT2D eigenvalue weighted by molar-refractivity contribution is 7.99. The highest BCUT2D eigenvalue weighted by atomic mass is 35.5. The SMILES string of the molecule is CC(=O)Nc1cc(-c2sc(C3(C4CCCCO4)N=CN=N3)c(Sc3ccc(Cl)cc3)c2C#N)ccn1. The summed E-state index contributed by atoms with van der Waals surface area (Å²) in [6.07, 6.45) is 5.57. The largest absolute Gasteiger partial charge is 0.373 e. The topological polar surface area (TPSA) is 112 Å². The number of nitrogens with zero attached hydrogens (tertiary/aromatic N) is 5. The summed E-state index contributed by atoms with van der Waals surface area (Å²) in [6, 6.07) is 13.5. The monoisotopic (exact) mass is 536 g/mol. The zero-order valence-corrected chi connectivity index (χ0v) is 21.7. The van der Waals surface area contributed by atoms with Crippen molar-refractivity contribution in [2.24, 2.45) is 15.2 Å². The van der Waals surface area contributed by atoms with Crippen LogP contribution in [-0.2, 0) is 15.2 Å². The Morgan fingerprint density at radius 3 is 2.81 bits per heavy atom. The normalized spacial score (nSPS) is 20.9. The zero-order valence-electron chi connectivity index (χ0n) is 19.3. The summed E-state index contributed by atoms with van der Waals surface area (Å²) in [5.74, 6) is 0.190. The molecule has 0 saturated carbocycles. The number of pyridine rings is 1. The fourth-order valence-electron chi connectivity index (χ4n) is 4.21. The summed E-state index contributed by atoms with van der Waals surface area (Å²) in [6.45, 7) is 2.06. The van der Waals surface area contributed by atoms with Gasteiger partial charge in [0.1, 0.15) is 24.3 Å². The minimum absolute atomic E-state index is 0.222. The lowest BCUT2D eigenvalue weighted by Gasteiger charge is -2.33. The van der Waals surface area contributed by atoms with Crippen LogP contribution in [0.2, 0.25) is 5.02 Å². The van der Waals surface area contributed by atoms with E-state index in [1.165, 1.54) is 36.4 Å². The van der Waals surface area contributed by atoms with Gasteiger partial charge < -0.3 is 10.1 Å². The Morgan fingerprint density at radius 1 is 1.31 bits per heavy atom. The maximum Gasteiger partial charge on any atom is 0.233 e. The van der Waals surface area contributed by atoms with E-state index >= 15 is 0 Å². The molecule has 5 rings (SSSR count). The number of nitrogens with one attached hydrogen (secondary N) is 1. The van der Waals surface area contributed by atoms with Crippen molar-refractivity contribution < 1.29 is 9.53 Å². The average molecular weight is 537 g/mol. The lowest BCUT2D eigenvalue weighted by atomic mass is 9.94. The van der Waals surface area contributed by atoms with Crippen LogP contribution in [-0.4, -0.2) is 29.9 Å². The van der Waals surface area contributed by atoms with Crippen LogP contribution in [0.4, 0.5) is 5.82 Å². The first kappa shape index (κ1) is 24.6. The molecule has 0 spiro atoms. The zero-order chi connectivity index (χ0) is 25.1. The molecule has 8 nitrogen and oxygen atoms in total. The maximum absolute atomic E-state index is 11.6. The van der Waals surface area contributed by atoms with Crippen LogP contribution in [0.15, 0.2) is 67.6 Å². The number of anilines is 1. The van der Waals surface area contributed by atoms with Crippen molar-refractivity contribution in [3.63, 3.8) is 0 Å². The predicted molar refractivity (Wildman–Crippen MR) is 141 cm³/mol. The van der Waals surface area contributed by atoms with Crippen LogP contribution < -0.4 is 5.32 Å². The Hall–Kier alpha value is -3.10. The van der Waals surface area contributed by atoms with E-state index in [9.17, 15) is 10.1 Å². The molecule has 0 radical (unpaired) electrons. The van der Waals surface area contributed by atoms with Gasteiger partial charge >= 0.3 is 0 Å². The lowest BCUT2D eigenvalue weighted by molar-refractivity contribution is -0.114. The van der Waals surface area contributed by atoms with Gasteiger partial charge in [-0.1, -0.05) is 23.4 Å². The summed E-state index contributed by atoms with van der Waals surface area (Å²) < 4.78 is 6.16. The minimum Gasteiger partial charge on any atom is -0.373 e. The third-order valence-electron chi connectivity index (χ3n) is 5.82. The molecule has 2 aliphatic rings. The molecule has 1 amide bonds. The van der Waals surface area contributed by atoms with E-state index in [0.717, 1.165) is 44.4 Å². The molecule has 1 fully saturated rings. The van der Waals surface area contributed by atoms with Gasteiger partial charge in [0.05, 0.1) is 15.3 Å². The molecule has 182 valence electrons. The number of benzene rings is 1. The Morgan fingerprint density at radius 2 is 2.14 bits per heavy atom. The van der Waals surface area contributed by atoms with Crippen LogP contribution in [0, 0.1) is 11.3 Å². The lowest BCUT2D eigenvalue weighted by Crippen LogP contribution is -2.39. The van der Waals surface area contributed by atoms with Crippen LogP contribution in [0.25, 0.3) is 10.4 Å². The first-order valence-electron chi connectivity index (χ1n) is 11.3. The first-order chi connectivity index (χ1) is 17.5. The number of aliphatic imine (C=N–C) groups is 1. The minimum atomic E-state index is -1.06. The Kier molecular flexibility index (Phi) is 7.16. The molecule has 1 N–H and O–H groups in total. The van der Waals surface area contributed by atoms with Gasteiger partial charge in [-0.3, -0.25) is 4.79 Å². The predicted octanol–water partition coefficient (Wildman–Crippen LogP) is 6.66. The quantitative estimate of drug-likeness (QED) is 0.378. The van der Waals surface area contributed by atoms with E-state index in [1.54, 1.807) is 12.3 Å². The fourth-order valence-corrected chi connectivity index (χ4v) is 6.92. The van der Waals surface area contributed by atoms with E-state index < -0.39 is 5.66 Å². The fraction of sp³-hybridized carbons (Fsp3) is 0.280. The van der Waals surface area contributed by atoms with Crippen molar-refractivity contribution in [2.75, 3.05) is 11.9 Å². The van der Waals surface area contributed by atoms with Crippen molar-refractivity contribution in [3.05, 3.63) is 58.1 Å². The molecule has 36 heavy (non-hydrogen) atoms. The Bertz CT molecular complexity index is 1380. The van der Waals surface area contributed by atoms with Gasteiger partial charge in [0.15, 0.2) is 0 Å². The molecule has 1 saturated heterocycles. The number of amides is 1. The maximum atomic E-state index is 11.6. The molecule has 4 heterocycles. The highest BCUT2D eigenvalue weighted by Gasteiger charge is 2.48. The summed E-state index contributed by atoms with van der Waals surface area (Å²) in [5, 5.41) is 22.4. The van der Waals surface area contributed by atoms with Crippen LogP contribution in [0.5, 0.6) is 0 Å². The molecule has 11 heteroatoms. The molecule has 2 aliphatic heterocycles. The van der Waals surface area contributed by atoms with Crippen molar-refractivity contribution in [2.45, 2.75) is 47.7 Å². The van der Waals surface area contributed by atoms with Crippen molar-refractivity contribution >= 4 is 52.8 Å². The third kappa shape index (κ3) is 4.80. The smallest absolute Gasteiger partial charge is 0.233 e. The van der Waals surface area contributed by atoms with E-state index in [1.807, 2.05) is 30.3 Å². The number of hydrogen-bond acceptors (Lipinski definition) is 9. The standard InChI is InChI=1S/C25H21ClN6O2S2/c1-15(33)31-21-12-16(9-10-28-21)22-19(13-27)23(35-18-7-5-17(26)6-8-18)24(36-22)25(29-14-30-32-25)20-4-2-3-11-34-20/h5-10,12,14,20H,2-4,11H2,1H3,(H,28,31,33).